The van der Waals surface area contributed by atoms with Crippen LogP contribution in [0.15, 0.2) is 72.8 Å². The van der Waals surface area contributed by atoms with Gasteiger partial charge in [-0.15, -0.1) is 0 Å². The standard InChI is InChI=1S/C22H22ClNO2/c1-25-21-10-7-17(8-11-21)14-24-15-19-13-20(23)9-12-22(19)26-16-18-5-3-2-4-6-18/h2-13,24H,14-16H2,1H3. The molecule has 0 unspecified atom stereocenters. The van der Waals surface area contributed by atoms with Crippen LogP contribution in [-0.4, -0.2) is 7.11 Å². The summed E-state index contributed by atoms with van der Waals surface area (Å²) < 4.78 is 11.2. The van der Waals surface area contributed by atoms with Gasteiger partial charge in [-0.1, -0.05) is 54.1 Å². The van der Waals surface area contributed by atoms with Gasteiger partial charge in [0, 0.05) is 23.7 Å². The van der Waals surface area contributed by atoms with Gasteiger partial charge in [-0.05, 0) is 41.5 Å². The van der Waals surface area contributed by atoms with E-state index in [2.05, 4.69) is 29.6 Å². The van der Waals surface area contributed by atoms with Gasteiger partial charge in [-0.3, -0.25) is 0 Å². The molecule has 134 valence electrons. The molecule has 3 aromatic rings. The molecule has 0 spiro atoms. The number of benzene rings is 3. The Hall–Kier alpha value is -2.49. The van der Waals surface area contributed by atoms with Gasteiger partial charge in [-0.2, -0.15) is 0 Å². The molecule has 0 saturated carbocycles. The van der Waals surface area contributed by atoms with Crippen LogP contribution in [0.25, 0.3) is 0 Å². The van der Waals surface area contributed by atoms with E-state index in [0.29, 0.717) is 18.2 Å². The lowest BCUT2D eigenvalue weighted by molar-refractivity contribution is 0.302. The first-order chi connectivity index (χ1) is 12.7. The van der Waals surface area contributed by atoms with Crippen molar-refractivity contribution in [3.63, 3.8) is 0 Å². The summed E-state index contributed by atoms with van der Waals surface area (Å²) in [6.45, 7) is 1.97. The fourth-order valence-electron chi connectivity index (χ4n) is 2.65. The van der Waals surface area contributed by atoms with Crippen molar-refractivity contribution in [2.24, 2.45) is 0 Å². The molecular weight excluding hydrogens is 346 g/mol. The third-order valence-corrected chi connectivity index (χ3v) is 4.30. The van der Waals surface area contributed by atoms with Crippen molar-refractivity contribution in [2.45, 2.75) is 19.7 Å². The van der Waals surface area contributed by atoms with Gasteiger partial charge in [0.15, 0.2) is 0 Å². The second kappa shape index (κ2) is 9.27. The van der Waals surface area contributed by atoms with Crippen LogP contribution in [0, 0.1) is 0 Å². The molecule has 0 bridgehead atoms. The fraction of sp³-hybridized carbons (Fsp3) is 0.182. The zero-order valence-electron chi connectivity index (χ0n) is 14.7. The molecule has 0 atom stereocenters. The molecule has 0 aliphatic heterocycles. The monoisotopic (exact) mass is 367 g/mol. The van der Waals surface area contributed by atoms with Gasteiger partial charge in [-0.25, -0.2) is 0 Å². The number of ether oxygens (including phenoxy) is 2. The van der Waals surface area contributed by atoms with E-state index in [-0.39, 0.29) is 0 Å². The summed E-state index contributed by atoms with van der Waals surface area (Å²) in [7, 11) is 1.67. The van der Waals surface area contributed by atoms with Gasteiger partial charge in [0.2, 0.25) is 0 Å². The van der Waals surface area contributed by atoms with E-state index in [0.717, 1.165) is 29.2 Å². The number of halogens is 1. The van der Waals surface area contributed by atoms with E-state index in [9.17, 15) is 0 Å². The maximum absolute atomic E-state index is 6.17. The smallest absolute Gasteiger partial charge is 0.124 e. The molecule has 3 aromatic carbocycles. The molecule has 0 saturated heterocycles. The van der Waals surface area contributed by atoms with Crippen LogP contribution in [0.3, 0.4) is 0 Å². The van der Waals surface area contributed by atoms with E-state index < -0.39 is 0 Å². The third-order valence-electron chi connectivity index (χ3n) is 4.06. The van der Waals surface area contributed by atoms with Gasteiger partial charge in [0.1, 0.15) is 18.1 Å². The molecule has 3 nitrogen and oxygen atoms in total. The lowest BCUT2D eigenvalue weighted by Gasteiger charge is -2.13. The highest BCUT2D eigenvalue weighted by Crippen LogP contribution is 2.24. The average molecular weight is 368 g/mol. The molecule has 0 fully saturated rings. The predicted octanol–water partition coefficient (Wildman–Crippen LogP) is 5.22. The van der Waals surface area contributed by atoms with Crippen LogP contribution in [0.4, 0.5) is 0 Å². The van der Waals surface area contributed by atoms with Crippen LogP contribution in [-0.2, 0) is 19.7 Å². The predicted molar refractivity (Wildman–Crippen MR) is 106 cm³/mol. The second-order valence-corrected chi connectivity index (χ2v) is 6.41. The van der Waals surface area contributed by atoms with Crippen molar-refractivity contribution in [3.8, 4) is 11.5 Å². The fourth-order valence-corrected chi connectivity index (χ4v) is 2.84. The Bertz CT molecular complexity index is 819. The summed E-state index contributed by atoms with van der Waals surface area (Å²) in [4.78, 5) is 0. The lowest BCUT2D eigenvalue weighted by atomic mass is 10.1. The molecule has 3 rings (SSSR count). The second-order valence-electron chi connectivity index (χ2n) is 5.98. The highest BCUT2D eigenvalue weighted by atomic mass is 35.5. The van der Waals surface area contributed by atoms with Gasteiger partial charge in [0.05, 0.1) is 7.11 Å². The largest absolute Gasteiger partial charge is 0.497 e. The average Bonchev–Trinajstić information content (AvgIpc) is 2.69. The number of hydrogen-bond donors (Lipinski definition) is 1. The molecule has 0 aromatic heterocycles. The number of rotatable bonds is 8. The third kappa shape index (κ3) is 5.25. The van der Waals surface area contributed by atoms with Crippen LogP contribution in [0.1, 0.15) is 16.7 Å². The molecule has 0 aliphatic rings. The molecule has 26 heavy (non-hydrogen) atoms. The minimum Gasteiger partial charge on any atom is -0.497 e. The van der Waals surface area contributed by atoms with Crippen LogP contribution < -0.4 is 14.8 Å². The van der Waals surface area contributed by atoms with E-state index in [1.54, 1.807) is 7.11 Å². The Balaban J connectivity index is 1.60. The zero-order valence-corrected chi connectivity index (χ0v) is 15.5. The Morgan fingerprint density at radius 1 is 0.846 bits per heavy atom. The molecule has 0 aliphatic carbocycles. The van der Waals surface area contributed by atoms with Crippen molar-refractivity contribution in [1.29, 1.82) is 0 Å². The lowest BCUT2D eigenvalue weighted by Crippen LogP contribution is -2.13. The molecule has 4 heteroatoms. The van der Waals surface area contributed by atoms with Crippen molar-refractivity contribution < 1.29 is 9.47 Å². The summed E-state index contributed by atoms with van der Waals surface area (Å²) in [5, 5.41) is 4.15. The summed E-state index contributed by atoms with van der Waals surface area (Å²) in [5.41, 5.74) is 3.38. The van der Waals surface area contributed by atoms with Crippen molar-refractivity contribution in [2.75, 3.05) is 7.11 Å². The normalized spacial score (nSPS) is 10.5. The minimum absolute atomic E-state index is 0.536. The van der Waals surface area contributed by atoms with E-state index in [4.69, 9.17) is 21.1 Å². The van der Waals surface area contributed by atoms with E-state index in [1.165, 1.54) is 5.56 Å². The first-order valence-electron chi connectivity index (χ1n) is 8.53. The van der Waals surface area contributed by atoms with Gasteiger partial charge < -0.3 is 14.8 Å². The van der Waals surface area contributed by atoms with Crippen molar-refractivity contribution in [3.05, 3.63) is 94.5 Å². The number of nitrogens with one attached hydrogen (secondary N) is 1. The summed E-state index contributed by atoms with van der Waals surface area (Å²) >= 11 is 6.17. The van der Waals surface area contributed by atoms with Gasteiger partial charge in [0.25, 0.3) is 0 Å². The number of methoxy groups -OCH3 is 1. The minimum atomic E-state index is 0.536. The molecule has 0 heterocycles. The van der Waals surface area contributed by atoms with Crippen molar-refractivity contribution in [1.82, 2.24) is 5.32 Å². The Morgan fingerprint density at radius 3 is 2.35 bits per heavy atom. The summed E-state index contributed by atoms with van der Waals surface area (Å²) in [5.74, 6) is 1.71. The Labute approximate surface area is 159 Å². The highest BCUT2D eigenvalue weighted by Gasteiger charge is 2.06. The highest BCUT2D eigenvalue weighted by molar-refractivity contribution is 6.30. The maximum atomic E-state index is 6.17. The Morgan fingerprint density at radius 2 is 1.62 bits per heavy atom. The zero-order chi connectivity index (χ0) is 18.2. The van der Waals surface area contributed by atoms with Crippen LogP contribution >= 0.6 is 11.6 Å². The summed E-state index contributed by atoms with van der Waals surface area (Å²) in [6.07, 6.45) is 0. The topological polar surface area (TPSA) is 30.5 Å². The van der Waals surface area contributed by atoms with Gasteiger partial charge >= 0.3 is 0 Å². The molecular formula is C22H22ClNO2. The van der Waals surface area contributed by atoms with Crippen LogP contribution in [0.2, 0.25) is 5.02 Å². The molecule has 0 amide bonds. The molecule has 1 N–H and O–H groups in total. The summed E-state index contributed by atoms with van der Waals surface area (Å²) in [6, 6.07) is 23.9. The first-order valence-corrected chi connectivity index (χ1v) is 8.91. The maximum Gasteiger partial charge on any atom is 0.124 e. The number of hydrogen-bond acceptors (Lipinski definition) is 3. The van der Waals surface area contributed by atoms with Crippen molar-refractivity contribution >= 4 is 11.6 Å². The van der Waals surface area contributed by atoms with Crippen LogP contribution in [0.5, 0.6) is 11.5 Å². The first kappa shape index (κ1) is 18.3. The quantitative estimate of drug-likeness (QED) is 0.592. The SMILES string of the molecule is COc1ccc(CNCc2cc(Cl)ccc2OCc2ccccc2)cc1. The van der Waals surface area contributed by atoms with E-state index in [1.807, 2.05) is 48.5 Å². The van der Waals surface area contributed by atoms with E-state index >= 15 is 0 Å². The molecule has 0 radical (unpaired) electrons. The Kier molecular flexibility index (Phi) is 6.53.